The lowest BCUT2D eigenvalue weighted by Crippen LogP contribution is -2.42. The number of carboxylic acid groups (broad SMARTS) is 1. The number of ether oxygens (including phenoxy) is 2. The van der Waals surface area contributed by atoms with Gasteiger partial charge in [0.15, 0.2) is 0 Å². The van der Waals surface area contributed by atoms with E-state index in [1.54, 1.807) is 11.9 Å². The largest absolute Gasteiger partial charge is 0.480 e. The van der Waals surface area contributed by atoms with Crippen molar-refractivity contribution in [3.05, 3.63) is 0 Å². The third-order valence-electron chi connectivity index (χ3n) is 2.88. The predicted octanol–water partition coefficient (Wildman–Crippen LogP) is 0.156. The molecule has 19 heavy (non-hydrogen) atoms. The summed E-state index contributed by atoms with van der Waals surface area (Å²) in [5.41, 5.74) is 0. The third kappa shape index (κ3) is 6.97. The van der Waals surface area contributed by atoms with Crippen molar-refractivity contribution in [3.8, 4) is 0 Å². The van der Waals surface area contributed by atoms with Crippen LogP contribution in [0.3, 0.4) is 0 Å². The predicted molar refractivity (Wildman–Crippen MR) is 68.0 cm³/mol. The Labute approximate surface area is 112 Å². The van der Waals surface area contributed by atoms with Gasteiger partial charge in [-0.3, -0.25) is 0 Å². The van der Waals surface area contributed by atoms with Crippen LogP contribution in [0.2, 0.25) is 0 Å². The zero-order chi connectivity index (χ0) is 14.1. The molecule has 2 amide bonds. The van der Waals surface area contributed by atoms with E-state index in [0.717, 1.165) is 19.4 Å². The van der Waals surface area contributed by atoms with Gasteiger partial charge in [-0.1, -0.05) is 0 Å². The van der Waals surface area contributed by atoms with E-state index in [2.05, 4.69) is 5.32 Å². The Hall–Kier alpha value is -1.34. The quantitative estimate of drug-likeness (QED) is 0.645. The Morgan fingerprint density at radius 3 is 2.95 bits per heavy atom. The highest BCUT2D eigenvalue weighted by Crippen LogP contribution is 2.14. The van der Waals surface area contributed by atoms with Crippen molar-refractivity contribution >= 4 is 12.0 Å². The SMILES string of the molecule is CN(CC1CCCOC1)C(=O)NCCOCC(=O)O. The van der Waals surface area contributed by atoms with Crippen LogP contribution in [0, 0.1) is 5.92 Å². The van der Waals surface area contributed by atoms with Crippen LogP contribution in [0.15, 0.2) is 0 Å². The smallest absolute Gasteiger partial charge is 0.329 e. The Morgan fingerprint density at radius 1 is 1.53 bits per heavy atom. The van der Waals surface area contributed by atoms with Crippen molar-refractivity contribution in [2.24, 2.45) is 5.92 Å². The minimum absolute atomic E-state index is 0.176. The number of urea groups is 1. The molecule has 1 saturated heterocycles. The molecule has 7 nitrogen and oxygen atoms in total. The third-order valence-corrected chi connectivity index (χ3v) is 2.88. The molecule has 0 aromatic rings. The highest BCUT2D eigenvalue weighted by molar-refractivity contribution is 5.73. The van der Waals surface area contributed by atoms with E-state index in [-0.39, 0.29) is 19.2 Å². The van der Waals surface area contributed by atoms with Crippen LogP contribution in [0.25, 0.3) is 0 Å². The maximum Gasteiger partial charge on any atom is 0.329 e. The lowest BCUT2D eigenvalue weighted by Gasteiger charge is -2.27. The van der Waals surface area contributed by atoms with E-state index < -0.39 is 5.97 Å². The van der Waals surface area contributed by atoms with Crippen LogP contribution < -0.4 is 5.32 Å². The van der Waals surface area contributed by atoms with Gasteiger partial charge in [-0.25, -0.2) is 9.59 Å². The van der Waals surface area contributed by atoms with Crippen LogP contribution in [-0.2, 0) is 14.3 Å². The summed E-state index contributed by atoms with van der Waals surface area (Å²) in [5.74, 6) is -0.617. The number of carboxylic acids is 1. The first-order chi connectivity index (χ1) is 9.09. The van der Waals surface area contributed by atoms with E-state index in [1.165, 1.54) is 0 Å². The van der Waals surface area contributed by atoms with Crippen molar-refractivity contribution in [2.75, 3.05) is 46.6 Å². The van der Waals surface area contributed by atoms with Crippen molar-refractivity contribution in [1.29, 1.82) is 0 Å². The summed E-state index contributed by atoms with van der Waals surface area (Å²) in [6.45, 7) is 2.34. The number of carbonyl (C=O) groups is 2. The maximum absolute atomic E-state index is 11.7. The van der Waals surface area contributed by atoms with Crippen LogP contribution in [0.1, 0.15) is 12.8 Å². The summed E-state index contributed by atoms with van der Waals surface area (Å²) < 4.78 is 10.2. The van der Waals surface area contributed by atoms with Crippen molar-refractivity contribution < 1.29 is 24.2 Å². The van der Waals surface area contributed by atoms with Gasteiger partial charge < -0.3 is 24.8 Å². The molecule has 0 aliphatic carbocycles. The number of hydrogen-bond donors (Lipinski definition) is 2. The summed E-state index contributed by atoms with van der Waals surface area (Å²) in [5, 5.41) is 11.0. The van der Waals surface area contributed by atoms with Crippen molar-refractivity contribution in [3.63, 3.8) is 0 Å². The molecule has 2 N–H and O–H groups in total. The minimum Gasteiger partial charge on any atom is -0.480 e. The number of amides is 2. The van der Waals surface area contributed by atoms with E-state index in [4.69, 9.17) is 14.6 Å². The van der Waals surface area contributed by atoms with Gasteiger partial charge in [0, 0.05) is 32.7 Å². The van der Waals surface area contributed by atoms with Gasteiger partial charge in [-0.2, -0.15) is 0 Å². The van der Waals surface area contributed by atoms with Gasteiger partial charge in [0.2, 0.25) is 0 Å². The zero-order valence-electron chi connectivity index (χ0n) is 11.3. The molecule has 0 aromatic carbocycles. The second-order valence-electron chi connectivity index (χ2n) is 4.64. The Kier molecular flexibility index (Phi) is 7.20. The summed E-state index contributed by atoms with van der Waals surface area (Å²) in [6, 6.07) is -0.176. The molecule has 1 aliphatic rings. The molecule has 1 fully saturated rings. The fourth-order valence-corrected chi connectivity index (χ4v) is 1.95. The van der Waals surface area contributed by atoms with Crippen LogP contribution in [-0.4, -0.2) is 68.6 Å². The topological polar surface area (TPSA) is 88.1 Å². The van der Waals surface area contributed by atoms with Gasteiger partial charge in [-0.05, 0) is 12.8 Å². The number of nitrogens with one attached hydrogen (secondary N) is 1. The lowest BCUT2D eigenvalue weighted by atomic mass is 10.0. The molecule has 0 aromatic heterocycles. The van der Waals surface area contributed by atoms with Gasteiger partial charge in [0.25, 0.3) is 0 Å². The summed E-state index contributed by atoms with van der Waals surface area (Å²) in [4.78, 5) is 23.5. The number of aliphatic carboxylic acids is 1. The summed E-state index contributed by atoms with van der Waals surface area (Å²) in [6.07, 6.45) is 2.13. The zero-order valence-corrected chi connectivity index (χ0v) is 11.3. The first-order valence-corrected chi connectivity index (χ1v) is 6.46. The van der Waals surface area contributed by atoms with Gasteiger partial charge in [-0.15, -0.1) is 0 Å². The van der Waals surface area contributed by atoms with Crippen molar-refractivity contribution in [1.82, 2.24) is 10.2 Å². The molecule has 1 heterocycles. The molecule has 1 rings (SSSR count). The second-order valence-corrected chi connectivity index (χ2v) is 4.64. The lowest BCUT2D eigenvalue weighted by molar-refractivity contribution is -0.142. The summed E-state index contributed by atoms with van der Waals surface area (Å²) in [7, 11) is 1.74. The number of rotatable bonds is 7. The first kappa shape index (κ1) is 15.7. The molecule has 0 spiro atoms. The molecular weight excluding hydrogens is 252 g/mol. The molecule has 0 bridgehead atoms. The second kappa shape index (κ2) is 8.71. The average Bonchev–Trinajstić information content (AvgIpc) is 2.38. The number of nitrogens with zero attached hydrogens (tertiary/aromatic N) is 1. The highest BCUT2D eigenvalue weighted by atomic mass is 16.5. The number of carbonyl (C=O) groups excluding carboxylic acids is 1. The Morgan fingerprint density at radius 2 is 2.32 bits per heavy atom. The van der Waals surface area contributed by atoms with Crippen molar-refractivity contribution in [2.45, 2.75) is 12.8 Å². The monoisotopic (exact) mass is 274 g/mol. The number of hydrogen-bond acceptors (Lipinski definition) is 4. The van der Waals surface area contributed by atoms with Gasteiger partial charge >= 0.3 is 12.0 Å². The van der Waals surface area contributed by atoms with Crippen LogP contribution in [0.4, 0.5) is 4.79 Å². The van der Waals surface area contributed by atoms with E-state index in [0.29, 0.717) is 25.6 Å². The minimum atomic E-state index is -1.01. The van der Waals surface area contributed by atoms with Gasteiger partial charge in [0.1, 0.15) is 6.61 Å². The fourth-order valence-electron chi connectivity index (χ4n) is 1.95. The molecule has 1 atom stereocenters. The molecule has 1 unspecified atom stereocenters. The van der Waals surface area contributed by atoms with Crippen LogP contribution in [0.5, 0.6) is 0 Å². The van der Waals surface area contributed by atoms with E-state index in [9.17, 15) is 9.59 Å². The molecule has 1 aliphatic heterocycles. The van der Waals surface area contributed by atoms with Crippen LogP contribution >= 0.6 is 0 Å². The summed E-state index contributed by atoms with van der Waals surface area (Å²) >= 11 is 0. The maximum atomic E-state index is 11.7. The normalized spacial score (nSPS) is 18.9. The standard InChI is InChI=1S/C12H22N2O5/c1-14(7-10-3-2-5-18-8-10)12(17)13-4-6-19-9-11(15)16/h10H,2-9H2,1H3,(H,13,17)(H,15,16). The van der Waals surface area contributed by atoms with E-state index in [1.807, 2.05) is 0 Å². The van der Waals surface area contributed by atoms with E-state index >= 15 is 0 Å². The molecule has 0 radical (unpaired) electrons. The molecular formula is C12H22N2O5. The molecule has 0 saturated carbocycles. The first-order valence-electron chi connectivity index (χ1n) is 6.46. The fraction of sp³-hybridized carbons (Fsp3) is 0.833. The highest BCUT2D eigenvalue weighted by Gasteiger charge is 2.18. The Bertz CT molecular complexity index is 292. The average molecular weight is 274 g/mol. The Balaban J connectivity index is 2.08. The molecule has 7 heteroatoms. The molecule has 110 valence electrons. The van der Waals surface area contributed by atoms with Gasteiger partial charge in [0.05, 0.1) is 13.2 Å².